The largest absolute Gasteiger partial charge is 0.438 e. The Morgan fingerprint density at radius 2 is 2.06 bits per heavy atom. The predicted molar refractivity (Wildman–Crippen MR) is 116 cm³/mol. The molecule has 32 heavy (non-hydrogen) atoms. The number of hydrogen-bond acceptors (Lipinski definition) is 6. The van der Waals surface area contributed by atoms with Crippen molar-refractivity contribution in [2.75, 3.05) is 20.3 Å². The van der Waals surface area contributed by atoms with Crippen molar-refractivity contribution >= 4 is 17.6 Å². The average Bonchev–Trinajstić information content (AvgIpc) is 2.79. The van der Waals surface area contributed by atoms with Gasteiger partial charge in [0, 0.05) is 26.5 Å². The van der Waals surface area contributed by atoms with E-state index in [1.165, 1.54) is 34.9 Å². The molecule has 1 amide bonds. The van der Waals surface area contributed by atoms with Gasteiger partial charge in [0.2, 0.25) is 5.88 Å². The lowest BCUT2D eigenvalue weighted by Gasteiger charge is -2.11. The standard InChI is InChI=1S/C23H21FN4O4/c1-15-5-3-11-28-20(15)27-22(32-18-8-6-17(24)7-9-18)19(23(28)30)13-16(14-25)21(29)26-10-4-12-31-2/h3,5-9,11,13H,4,10,12H2,1-2H3,(H,26,29)/b16-13+. The number of rotatable bonds is 8. The number of amides is 1. The quantitative estimate of drug-likeness (QED) is 0.331. The van der Waals surface area contributed by atoms with Crippen molar-refractivity contribution in [3.8, 4) is 17.7 Å². The summed E-state index contributed by atoms with van der Waals surface area (Å²) in [5, 5.41) is 12.1. The van der Waals surface area contributed by atoms with Gasteiger partial charge in [-0.05, 0) is 55.3 Å². The highest BCUT2D eigenvalue weighted by atomic mass is 19.1. The van der Waals surface area contributed by atoms with Crippen LogP contribution in [0.25, 0.3) is 11.7 Å². The number of aromatic nitrogens is 2. The summed E-state index contributed by atoms with van der Waals surface area (Å²) in [5.74, 6) is -0.939. The first-order valence-electron chi connectivity index (χ1n) is 9.79. The minimum atomic E-state index is -0.634. The molecule has 0 bridgehead atoms. The topological polar surface area (TPSA) is 106 Å². The molecule has 1 N–H and O–H groups in total. The lowest BCUT2D eigenvalue weighted by Crippen LogP contribution is -2.27. The molecule has 0 saturated heterocycles. The zero-order valence-corrected chi connectivity index (χ0v) is 17.6. The van der Waals surface area contributed by atoms with Crippen molar-refractivity contribution in [2.45, 2.75) is 13.3 Å². The van der Waals surface area contributed by atoms with E-state index in [1.54, 1.807) is 26.2 Å². The number of benzene rings is 1. The van der Waals surface area contributed by atoms with Gasteiger partial charge in [0.15, 0.2) is 0 Å². The molecule has 8 nitrogen and oxygen atoms in total. The molecule has 0 spiro atoms. The first kappa shape index (κ1) is 22.7. The summed E-state index contributed by atoms with van der Waals surface area (Å²) in [6, 6.07) is 10.5. The van der Waals surface area contributed by atoms with E-state index in [0.29, 0.717) is 25.2 Å². The Balaban J connectivity index is 2.08. The van der Waals surface area contributed by atoms with E-state index >= 15 is 0 Å². The summed E-state index contributed by atoms with van der Waals surface area (Å²) >= 11 is 0. The van der Waals surface area contributed by atoms with Crippen molar-refractivity contribution in [3.63, 3.8) is 0 Å². The maximum absolute atomic E-state index is 13.3. The molecule has 2 heterocycles. The molecule has 0 saturated carbocycles. The summed E-state index contributed by atoms with van der Waals surface area (Å²) in [6.45, 7) is 2.54. The summed E-state index contributed by atoms with van der Waals surface area (Å²) in [6.07, 6.45) is 3.25. The highest BCUT2D eigenvalue weighted by Gasteiger charge is 2.18. The fourth-order valence-electron chi connectivity index (χ4n) is 2.91. The van der Waals surface area contributed by atoms with Crippen LogP contribution in [0.4, 0.5) is 4.39 Å². The Kier molecular flexibility index (Phi) is 7.31. The van der Waals surface area contributed by atoms with Gasteiger partial charge >= 0.3 is 0 Å². The third-order valence-corrected chi connectivity index (χ3v) is 4.54. The number of fused-ring (bicyclic) bond motifs is 1. The maximum Gasteiger partial charge on any atom is 0.269 e. The average molecular weight is 436 g/mol. The van der Waals surface area contributed by atoms with Crippen LogP contribution in [0.2, 0.25) is 0 Å². The second-order valence-electron chi connectivity index (χ2n) is 6.85. The smallest absolute Gasteiger partial charge is 0.269 e. The van der Waals surface area contributed by atoms with E-state index in [1.807, 2.05) is 6.07 Å². The molecule has 3 rings (SSSR count). The van der Waals surface area contributed by atoms with Crippen LogP contribution in [0.3, 0.4) is 0 Å². The van der Waals surface area contributed by atoms with Crippen molar-refractivity contribution in [2.24, 2.45) is 0 Å². The molecule has 0 aliphatic rings. The highest BCUT2D eigenvalue weighted by Crippen LogP contribution is 2.25. The number of hydrogen-bond donors (Lipinski definition) is 1. The molecule has 0 unspecified atom stereocenters. The van der Waals surface area contributed by atoms with E-state index in [-0.39, 0.29) is 22.8 Å². The molecule has 0 aliphatic heterocycles. The predicted octanol–water partition coefficient (Wildman–Crippen LogP) is 2.99. The van der Waals surface area contributed by atoms with Gasteiger partial charge in [-0.3, -0.25) is 14.0 Å². The normalized spacial score (nSPS) is 11.2. The Labute approximate surface area is 183 Å². The van der Waals surface area contributed by atoms with Gasteiger partial charge in [-0.15, -0.1) is 0 Å². The fraction of sp³-hybridized carbons (Fsp3) is 0.217. The molecule has 3 aromatic rings. The summed E-state index contributed by atoms with van der Waals surface area (Å²) in [5.41, 5.74) is 0.199. The van der Waals surface area contributed by atoms with E-state index in [9.17, 15) is 19.2 Å². The van der Waals surface area contributed by atoms with Crippen LogP contribution < -0.4 is 15.6 Å². The van der Waals surface area contributed by atoms with Gasteiger partial charge in [0.25, 0.3) is 11.5 Å². The van der Waals surface area contributed by atoms with Crippen molar-refractivity contribution in [1.82, 2.24) is 14.7 Å². The number of nitriles is 1. The zero-order valence-electron chi connectivity index (χ0n) is 17.6. The third kappa shape index (κ3) is 5.17. The maximum atomic E-state index is 13.3. The molecule has 0 radical (unpaired) electrons. The number of nitrogens with one attached hydrogen (secondary N) is 1. The number of halogens is 1. The van der Waals surface area contributed by atoms with E-state index < -0.39 is 17.3 Å². The lowest BCUT2D eigenvalue weighted by molar-refractivity contribution is -0.117. The van der Waals surface area contributed by atoms with Gasteiger partial charge in [0.1, 0.15) is 34.4 Å². The number of methoxy groups -OCH3 is 1. The van der Waals surface area contributed by atoms with Crippen LogP contribution in [0.1, 0.15) is 17.5 Å². The van der Waals surface area contributed by atoms with E-state index in [4.69, 9.17) is 9.47 Å². The van der Waals surface area contributed by atoms with E-state index in [0.717, 1.165) is 11.6 Å². The first-order valence-corrected chi connectivity index (χ1v) is 9.79. The van der Waals surface area contributed by atoms with Crippen LogP contribution >= 0.6 is 0 Å². The second kappa shape index (κ2) is 10.3. The minimum absolute atomic E-state index is 0.0824. The van der Waals surface area contributed by atoms with E-state index in [2.05, 4.69) is 10.3 Å². The van der Waals surface area contributed by atoms with Crippen molar-refractivity contribution < 1.29 is 18.7 Å². The molecule has 0 fully saturated rings. The molecular formula is C23H21FN4O4. The zero-order chi connectivity index (χ0) is 23.1. The Bertz CT molecular complexity index is 1260. The summed E-state index contributed by atoms with van der Waals surface area (Å²) < 4.78 is 25.3. The molecule has 2 aromatic heterocycles. The lowest BCUT2D eigenvalue weighted by atomic mass is 10.1. The first-order chi connectivity index (χ1) is 15.4. The van der Waals surface area contributed by atoms with Gasteiger partial charge in [-0.1, -0.05) is 6.07 Å². The van der Waals surface area contributed by atoms with Gasteiger partial charge in [0.05, 0.1) is 0 Å². The molecule has 164 valence electrons. The number of pyridine rings is 1. The number of ether oxygens (including phenoxy) is 2. The Morgan fingerprint density at radius 1 is 1.31 bits per heavy atom. The number of nitrogens with zero attached hydrogens (tertiary/aromatic N) is 3. The van der Waals surface area contributed by atoms with Crippen LogP contribution in [0.5, 0.6) is 11.6 Å². The summed E-state index contributed by atoms with van der Waals surface area (Å²) in [4.78, 5) is 30.1. The van der Waals surface area contributed by atoms with Crippen molar-refractivity contribution in [1.29, 1.82) is 5.26 Å². The van der Waals surface area contributed by atoms with Gasteiger partial charge < -0.3 is 14.8 Å². The van der Waals surface area contributed by atoms with Crippen LogP contribution in [0.15, 0.2) is 53.0 Å². The summed E-state index contributed by atoms with van der Waals surface area (Å²) in [7, 11) is 1.55. The molecule has 0 aliphatic carbocycles. The molecule has 9 heteroatoms. The SMILES string of the molecule is COCCCNC(=O)/C(C#N)=C/c1c(Oc2ccc(F)cc2)nc2c(C)cccn2c1=O. The second-order valence-corrected chi connectivity index (χ2v) is 6.85. The number of aryl methyl sites for hydroxylation is 1. The van der Waals surface area contributed by atoms with Crippen LogP contribution in [-0.2, 0) is 9.53 Å². The number of carbonyl (C=O) groups excluding carboxylic acids is 1. The monoisotopic (exact) mass is 436 g/mol. The Hall–Kier alpha value is -4.03. The molecule has 0 atom stereocenters. The number of carbonyl (C=O) groups is 1. The molecule has 1 aromatic carbocycles. The highest BCUT2D eigenvalue weighted by molar-refractivity contribution is 6.01. The fourth-order valence-corrected chi connectivity index (χ4v) is 2.91. The van der Waals surface area contributed by atoms with Gasteiger partial charge in [-0.25, -0.2) is 4.39 Å². The van der Waals surface area contributed by atoms with Crippen LogP contribution in [-0.4, -0.2) is 35.6 Å². The molecular weight excluding hydrogens is 415 g/mol. The van der Waals surface area contributed by atoms with Crippen LogP contribution in [0, 0.1) is 24.1 Å². The third-order valence-electron chi connectivity index (χ3n) is 4.54. The Morgan fingerprint density at radius 3 is 2.75 bits per heavy atom. The minimum Gasteiger partial charge on any atom is -0.438 e. The van der Waals surface area contributed by atoms with Gasteiger partial charge in [-0.2, -0.15) is 10.2 Å². The van der Waals surface area contributed by atoms with Crippen molar-refractivity contribution in [3.05, 3.63) is 75.5 Å².